The number of aliphatic carboxylic acids is 1. The number of carboxylic acid groups (broad SMARTS) is 1. The van der Waals surface area contributed by atoms with E-state index in [-0.39, 0.29) is 0 Å². The molecular weight excluding hydrogens is 268 g/mol. The topological polar surface area (TPSA) is 55.8 Å². The van der Waals surface area contributed by atoms with Gasteiger partial charge in [0.2, 0.25) is 0 Å². The second-order valence-corrected chi connectivity index (χ2v) is 4.75. The fraction of sp³-hybridized carbons (Fsp3) is 0.235. The number of benzene rings is 2. The van der Waals surface area contributed by atoms with Crippen molar-refractivity contribution in [1.82, 2.24) is 0 Å². The minimum absolute atomic E-state index is 0.510. The van der Waals surface area contributed by atoms with Crippen molar-refractivity contribution in [1.29, 1.82) is 0 Å². The normalized spacial score (nSPS) is 11.8. The third-order valence-electron chi connectivity index (χ3n) is 3.50. The summed E-state index contributed by atoms with van der Waals surface area (Å²) in [4.78, 5) is 11.0. The van der Waals surface area contributed by atoms with Gasteiger partial charge in [0.1, 0.15) is 0 Å². The van der Waals surface area contributed by atoms with Crippen LogP contribution < -0.4 is 9.47 Å². The number of carboxylic acids is 1. The van der Waals surface area contributed by atoms with Crippen molar-refractivity contribution in [3.8, 4) is 22.6 Å². The standard InChI is InChI=1S/C17H18O4/c1-11(17(18)19)12-4-6-13(7-5-12)14-8-9-15(20-2)16(10-14)21-3/h4-11H,1-3H3,(H,18,19). The Labute approximate surface area is 123 Å². The lowest BCUT2D eigenvalue weighted by Crippen LogP contribution is -2.06. The third kappa shape index (κ3) is 3.16. The maximum Gasteiger partial charge on any atom is 0.310 e. The van der Waals surface area contributed by atoms with Gasteiger partial charge >= 0.3 is 5.97 Å². The molecule has 0 radical (unpaired) electrons. The minimum Gasteiger partial charge on any atom is -0.493 e. The zero-order valence-corrected chi connectivity index (χ0v) is 12.3. The molecule has 110 valence electrons. The molecule has 2 rings (SSSR count). The zero-order valence-electron chi connectivity index (χ0n) is 12.3. The molecule has 0 amide bonds. The maximum absolute atomic E-state index is 11.0. The predicted octanol–water partition coefficient (Wildman–Crippen LogP) is 3.56. The maximum atomic E-state index is 11.0. The van der Waals surface area contributed by atoms with Crippen molar-refractivity contribution >= 4 is 5.97 Å². The van der Waals surface area contributed by atoms with Gasteiger partial charge in [0.15, 0.2) is 11.5 Å². The van der Waals surface area contributed by atoms with Gasteiger partial charge < -0.3 is 14.6 Å². The van der Waals surface area contributed by atoms with Gasteiger partial charge in [0, 0.05) is 0 Å². The molecule has 2 aromatic rings. The second-order valence-electron chi connectivity index (χ2n) is 4.75. The molecule has 21 heavy (non-hydrogen) atoms. The summed E-state index contributed by atoms with van der Waals surface area (Å²) < 4.78 is 10.5. The van der Waals surface area contributed by atoms with Gasteiger partial charge in [-0.15, -0.1) is 0 Å². The van der Waals surface area contributed by atoms with Crippen molar-refractivity contribution in [2.24, 2.45) is 0 Å². The van der Waals surface area contributed by atoms with Crippen molar-refractivity contribution in [2.45, 2.75) is 12.8 Å². The van der Waals surface area contributed by atoms with E-state index < -0.39 is 11.9 Å². The van der Waals surface area contributed by atoms with Crippen LogP contribution in [0.3, 0.4) is 0 Å². The third-order valence-corrected chi connectivity index (χ3v) is 3.50. The Morgan fingerprint density at radius 2 is 1.52 bits per heavy atom. The molecule has 0 aromatic heterocycles. The van der Waals surface area contributed by atoms with E-state index in [1.807, 2.05) is 42.5 Å². The van der Waals surface area contributed by atoms with Gasteiger partial charge in [-0.25, -0.2) is 0 Å². The number of hydrogen-bond donors (Lipinski definition) is 1. The summed E-state index contributed by atoms with van der Waals surface area (Å²) in [5.74, 6) is 0.00803. The van der Waals surface area contributed by atoms with Gasteiger partial charge in [0.25, 0.3) is 0 Å². The molecular formula is C17H18O4. The van der Waals surface area contributed by atoms with Crippen LogP contribution in [0.15, 0.2) is 42.5 Å². The molecule has 2 aromatic carbocycles. The molecule has 1 N–H and O–H groups in total. The molecule has 0 heterocycles. The van der Waals surface area contributed by atoms with E-state index in [0.717, 1.165) is 16.7 Å². The van der Waals surface area contributed by atoms with E-state index in [9.17, 15) is 4.79 Å². The first kappa shape index (κ1) is 14.9. The molecule has 1 atom stereocenters. The van der Waals surface area contributed by atoms with Gasteiger partial charge in [-0.05, 0) is 35.7 Å². The summed E-state index contributed by atoms with van der Waals surface area (Å²) in [6, 6.07) is 13.2. The van der Waals surface area contributed by atoms with Crippen LogP contribution in [0, 0.1) is 0 Å². The first-order chi connectivity index (χ1) is 10.1. The zero-order chi connectivity index (χ0) is 15.4. The Balaban J connectivity index is 2.32. The van der Waals surface area contributed by atoms with Gasteiger partial charge in [-0.1, -0.05) is 30.3 Å². The number of rotatable bonds is 5. The Morgan fingerprint density at radius 3 is 2.05 bits per heavy atom. The Kier molecular flexibility index (Phi) is 4.48. The summed E-state index contributed by atoms with van der Waals surface area (Å²) in [5, 5.41) is 9.02. The highest BCUT2D eigenvalue weighted by atomic mass is 16.5. The van der Waals surface area contributed by atoms with Gasteiger partial charge in [-0.2, -0.15) is 0 Å². The van der Waals surface area contributed by atoms with Gasteiger partial charge in [-0.3, -0.25) is 4.79 Å². The van der Waals surface area contributed by atoms with E-state index in [1.54, 1.807) is 21.1 Å². The highest BCUT2D eigenvalue weighted by Crippen LogP contribution is 2.32. The van der Waals surface area contributed by atoms with Crippen molar-refractivity contribution in [2.75, 3.05) is 14.2 Å². The summed E-state index contributed by atoms with van der Waals surface area (Å²) in [5.41, 5.74) is 2.77. The average molecular weight is 286 g/mol. The average Bonchev–Trinajstić information content (AvgIpc) is 2.53. The monoisotopic (exact) mass is 286 g/mol. The molecule has 0 spiro atoms. The quantitative estimate of drug-likeness (QED) is 0.913. The Bertz CT molecular complexity index is 632. The first-order valence-corrected chi connectivity index (χ1v) is 6.62. The summed E-state index contributed by atoms with van der Waals surface area (Å²) >= 11 is 0. The highest BCUT2D eigenvalue weighted by Gasteiger charge is 2.13. The SMILES string of the molecule is COc1ccc(-c2ccc(C(C)C(=O)O)cc2)cc1OC. The largest absolute Gasteiger partial charge is 0.493 e. The predicted molar refractivity (Wildman–Crippen MR) is 81.0 cm³/mol. The molecule has 4 nitrogen and oxygen atoms in total. The molecule has 0 aliphatic carbocycles. The Morgan fingerprint density at radius 1 is 0.952 bits per heavy atom. The fourth-order valence-corrected chi connectivity index (χ4v) is 2.12. The highest BCUT2D eigenvalue weighted by molar-refractivity contribution is 5.76. The van der Waals surface area contributed by atoms with Crippen LogP contribution in [0.25, 0.3) is 11.1 Å². The minimum atomic E-state index is -0.825. The summed E-state index contributed by atoms with van der Waals surface area (Å²) in [6.07, 6.45) is 0. The smallest absolute Gasteiger partial charge is 0.310 e. The number of methoxy groups -OCH3 is 2. The van der Waals surface area contributed by atoms with Crippen LogP contribution >= 0.6 is 0 Å². The van der Waals surface area contributed by atoms with Crippen molar-refractivity contribution < 1.29 is 19.4 Å². The molecule has 4 heteroatoms. The van der Waals surface area contributed by atoms with Crippen molar-refractivity contribution in [3.63, 3.8) is 0 Å². The van der Waals surface area contributed by atoms with Crippen LogP contribution in [0.1, 0.15) is 18.4 Å². The Hall–Kier alpha value is -2.49. The molecule has 0 saturated carbocycles. The summed E-state index contributed by atoms with van der Waals surface area (Å²) in [6.45, 7) is 1.67. The van der Waals surface area contributed by atoms with E-state index >= 15 is 0 Å². The fourth-order valence-electron chi connectivity index (χ4n) is 2.12. The van der Waals surface area contributed by atoms with E-state index in [2.05, 4.69) is 0 Å². The van der Waals surface area contributed by atoms with Gasteiger partial charge in [0.05, 0.1) is 20.1 Å². The van der Waals surface area contributed by atoms with Crippen LogP contribution in [-0.4, -0.2) is 25.3 Å². The lowest BCUT2D eigenvalue weighted by Gasteiger charge is -2.11. The molecule has 0 fully saturated rings. The van der Waals surface area contributed by atoms with E-state index in [0.29, 0.717) is 11.5 Å². The summed E-state index contributed by atoms with van der Waals surface area (Å²) in [7, 11) is 3.19. The van der Waals surface area contributed by atoms with E-state index in [4.69, 9.17) is 14.6 Å². The number of carbonyl (C=O) groups is 1. The molecule has 0 aliphatic rings. The van der Waals surface area contributed by atoms with Crippen LogP contribution in [0.4, 0.5) is 0 Å². The lowest BCUT2D eigenvalue weighted by atomic mass is 9.97. The van der Waals surface area contributed by atoms with E-state index in [1.165, 1.54) is 0 Å². The lowest BCUT2D eigenvalue weighted by molar-refractivity contribution is -0.138. The van der Waals surface area contributed by atoms with Crippen molar-refractivity contribution in [3.05, 3.63) is 48.0 Å². The number of hydrogen-bond acceptors (Lipinski definition) is 3. The number of ether oxygens (including phenoxy) is 2. The molecule has 0 saturated heterocycles. The molecule has 1 unspecified atom stereocenters. The van der Waals surface area contributed by atoms with Crippen LogP contribution in [0.5, 0.6) is 11.5 Å². The van der Waals surface area contributed by atoms with Crippen LogP contribution in [0.2, 0.25) is 0 Å². The molecule has 0 bridgehead atoms. The second kappa shape index (κ2) is 6.31. The van der Waals surface area contributed by atoms with Crippen LogP contribution in [-0.2, 0) is 4.79 Å². The molecule has 0 aliphatic heterocycles. The first-order valence-electron chi connectivity index (χ1n) is 6.62.